The average Bonchev–Trinajstić information content (AvgIpc) is 3.07. The first-order valence-electron chi connectivity index (χ1n) is 9.33. The van der Waals surface area contributed by atoms with E-state index < -0.39 is 11.6 Å². The van der Waals surface area contributed by atoms with Crippen LogP contribution in [0.4, 0.5) is 0 Å². The number of likely N-dealkylation sites (N-methyl/N-ethyl adjacent to an activating group) is 1. The van der Waals surface area contributed by atoms with Crippen molar-refractivity contribution in [1.82, 2.24) is 10.2 Å². The summed E-state index contributed by atoms with van der Waals surface area (Å²) in [5, 5.41) is 12.8. The van der Waals surface area contributed by atoms with Gasteiger partial charge in [-0.15, -0.1) is 0 Å². The molecule has 4 nitrogen and oxygen atoms in total. The predicted molar refractivity (Wildman–Crippen MR) is 104 cm³/mol. The van der Waals surface area contributed by atoms with Crippen molar-refractivity contribution in [3.63, 3.8) is 0 Å². The topological polar surface area (TPSA) is 52.6 Å². The van der Waals surface area contributed by atoms with Crippen LogP contribution >= 0.6 is 0 Å². The summed E-state index contributed by atoms with van der Waals surface area (Å²) in [5.41, 5.74) is 3.04. The van der Waals surface area contributed by atoms with Gasteiger partial charge in [-0.25, -0.2) is 0 Å². The maximum atomic E-state index is 13.2. The molecule has 0 aliphatic heterocycles. The molecule has 0 heterocycles. The Morgan fingerprint density at radius 2 is 1.69 bits per heavy atom. The highest BCUT2D eigenvalue weighted by Crippen LogP contribution is 2.35. The predicted octanol–water partition coefficient (Wildman–Crippen LogP) is 2.54. The zero-order chi connectivity index (χ0) is 18.6. The van der Waals surface area contributed by atoms with Crippen LogP contribution in [-0.2, 0) is 24.2 Å². The molecule has 26 heavy (non-hydrogen) atoms. The molecule has 0 saturated carbocycles. The Bertz CT molecular complexity index is 720. The molecule has 0 fully saturated rings. The van der Waals surface area contributed by atoms with Crippen LogP contribution in [0.5, 0.6) is 0 Å². The Morgan fingerprint density at radius 3 is 2.27 bits per heavy atom. The van der Waals surface area contributed by atoms with Crippen molar-refractivity contribution in [1.29, 1.82) is 0 Å². The molecule has 0 bridgehead atoms. The minimum absolute atomic E-state index is 0.000342. The number of hydrogen-bond acceptors (Lipinski definition) is 3. The van der Waals surface area contributed by atoms with Gasteiger partial charge >= 0.3 is 0 Å². The van der Waals surface area contributed by atoms with Gasteiger partial charge in [0.15, 0.2) is 0 Å². The molecule has 2 N–H and O–H groups in total. The summed E-state index contributed by atoms with van der Waals surface area (Å²) < 4.78 is 0. The first-order valence-corrected chi connectivity index (χ1v) is 9.33. The van der Waals surface area contributed by atoms with Gasteiger partial charge in [-0.05, 0) is 30.2 Å². The van der Waals surface area contributed by atoms with Gasteiger partial charge in [-0.2, -0.15) is 0 Å². The van der Waals surface area contributed by atoms with E-state index in [1.165, 1.54) is 16.7 Å². The lowest BCUT2D eigenvalue weighted by atomic mass is 9.91. The van der Waals surface area contributed by atoms with E-state index in [-0.39, 0.29) is 5.91 Å². The third-order valence-corrected chi connectivity index (χ3v) is 5.47. The summed E-state index contributed by atoms with van der Waals surface area (Å²) in [6, 6.07) is 18.5. The molecule has 1 aliphatic rings. The molecule has 1 aliphatic carbocycles. The number of hydrogen-bond donors (Lipinski definition) is 2. The Labute approximate surface area is 155 Å². The second-order valence-corrected chi connectivity index (χ2v) is 7.27. The van der Waals surface area contributed by atoms with Gasteiger partial charge in [0.2, 0.25) is 5.91 Å². The van der Waals surface area contributed by atoms with Gasteiger partial charge in [-0.1, -0.05) is 61.5 Å². The van der Waals surface area contributed by atoms with Crippen LogP contribution in [0.3, 0.4) is 0 Å². The number of carbonyl (C=O) groups excluding carboxylic acids is 1. The molecule has 1 atom stereocenters. The van der Waals surface area contributed by atoms with Crippen LogP contribution in [0.1, 0.15) is 30.0 Å². The zero-order valence-corrected chi connectivity index (χ0v) is 15.6. The number of aliphatic hydroxyl groups excluding tert-OH is 1. The lowest BCUT2D eigenvalue weighted by Gasteiger charge is -2.37. The summed E-state index contributed by atoms with van der Waals surface area (Å²) in [4.78, 5) is 15.4. The number of rotatable bonds is 7. The highest BCUT2D eigenvalue weighted by atomic mass is 16.3. The van der Waals surface area contributed by atoms with Crippen molar-refractivity contribution in [2.75, 3.05) is 13.6 Å². The van der Waals surface area contributed by atoms with Crippen molar-refractivity contribution in [2.24, 2.45) is 0 Å². The van der Waals surface area contributed by atoms with Gasteiger partial charge in [0, 0.05) is 25.9 Å². The summed E-state index contributed by atoms with van der Waals surface area (Å²) in [6.07, 6.45) is 1.52. The van der Waals surface area contributed by atoms with E-state index in [4.69, 9.17) is 0 Å². The third-order valence-electron chi connectivity index (χ3n) is 5.47. The van der Waals surface area contributed by atoms with Crippen LogP contribution in [0, 0.1) is 0 Å². The van der Waals surface area contributed by atoms with E-state index in [9.17, 15) is 9.90 Å². The zero-order valence-electron chi connectivity index (χ0n) is 15.6. The van der Waals surface area contributed by atoms with E-state index in [0.717, 1.165) is 0 Å². The number of amides is 1. The first-order chi connectivity index (χ1) is 12.5. The van der Waals surface area contributed by atoms with Crippen molar-refractivity contribution < 1.29 is 9.90 Å². The SMILES string of the molecule is CC[C@@H](O)CNC(=O)C1(N(C)Cc2ccccc2)Cc2ccccc2C1. The molecule has 4 heteroatoms. The summed E-state index contributed by atoms with van der Waals surface area (Å²) in [6.45, 7) is 2.92. The fraction of sp³-hybridized carbons (Fsp3) is 0.409. The Hall–Kier alpha value is -2.17. The monoisotopic (exact) mass is 352 g/mol. The summed E-state index contributed by atoms with van der Waals surface area (Å²) >= 11 is 0. The standard InChI is InChI=1S/C22H28N2O2/c1-3-20(25)15-23-21(26)22(13-18-11-7-8-12-19(18)14-22)24(2)16-17-9-5-4-6-10-17/h4-12,20,25H,3,13-16H2,1-2H3,(H,23,26)/t20-/m1/s1. The minimum atomic E-state index is -0.618. The number of carbonyl (C=O) groups is 1. The van der Waals surface area contributed by atoms with E-state index in [1.54, 1.807) is 0 Å². The normalized spacial score (nSPS) is 16.3. The lowest BCUT2D eigenvalue weighted by Crippen LogP contribution is -2.58. The van der Waals surface area contributed by atoms with E-state index in [1.807, 2.05) is 44.3 Å². The van der Waals surface area contributed by atoms with Crippen molar-refractivity contribution in [3.05, 3.63) is 71.3 Å². The molecule has 0 unspecified atom stereocenters. The molecule has 2 aromatic carbocycles. The van der Waals surface area contributed by atoms with Crippen molar-refractivity contribution in [2.45, 2.75) is 44.4 Å². The number of fused-ring (bicyclic) bond motifs is 1. The fourth-order valence-corrected chi connectivity index (χ4v) is 3.73. The molecule has 0 saturated heterocycles. The Balaban J connectivity index is 1.84. The maximum Gasteiger partial charge on any atom is 0.241 e. The number of nitrogens with zero attached hydrogens (tertiary/aromatic N) is 1. The first kappa shape index (κ1) is 18.6. The molecule has 2 aromatic rings. The van der Waals surface area contributed by atoms with Crippen molar-refractivity contribution >= 4 is 5.91 Å². The second kappa shape index (κ2) is 8.02. The molecule has 138 valence electrons. The maximum absolute atomic E-state index is 13.2. The van der Waals surface area contributed by atoms with Crippen molar-refractivity contribution in [3.8, 4) is 0 Å². The van der Waals surface area contributed by atoms with Crippen LogP contribution in [0.25, 0.3) is 0 Å². The molecule has 0 radical (unpaired) electrons. The number of benzene rings is 2. The highest BCUT2D eigenvalue weighted by molar-refractivity contribution is 5.88. The summed E-state index contributed by atoms with van der Waals surface area (Å²) in [5.74, 6) is -0.000342. The Morgan fingerprint density at radius 1 is 1.12 bits per heavy atom. The van der Waals surface area contributed by atoms with Gasteiger partial charge in [0.25, 0.3) is 0 Å². The van der Waals surface area contributed by atoms with Crippen LogP contribution in [0.2, 0.25) is 0 Å². The van der Waals surface area contributed by atoms with E-state index >= 15 is 0 Å². The molecule has 1 amide bonds. The quantitative estimate of drug-likeness (QED) is 0.805. The van der Waals surface area contributed by atoms with Gasteiger partial charge in [0.1, 0.15) is 5.54 Å². The van der Waals surface area contributed by atoms with Gasteiger partial charge in [-0.3, -0.25) is 9.69 Å². The minimum Gasteiger partial charge on any atom is -0.391 e. The van der Waals surface area contributed by atoms with Crippen LogP contribution in [-0.4, -0.2) is 41.1 Å². The molecule has 3 rings (SSSR count). The van der Waals surface area contributed by atoms with E-state index in [0.29, 0.717) is 32.4 Å². The van der Waals surface area contributed by atoms with Gasteiger partial charge in [0.05, 0.1) is 6.10 Å². The van der Waals surface area contributed by atoms with Crippen LogP contribution in [0.15, 0.2) is 54.6 Å². The smallest absolute Gasteiger partial charge is 0.241 e. The lowest BCUT2D eigenvalue weighted by molar-refractivity contribution is -0.133. The summed E-state index contributed by atoms with van der Waals surface area (Å²) in [7, 11) is 2.02. The second-order valence-electron chi connectivity index (χ2n) is 7.27. The Kier molecular flexibility index (Phi) is 5.74. The van der Waals surface area contributed by atoms with Crippen LogP contribution < -0.4 is 5.32 Å². The molecular formula is C22H28N2O2. The molecule has 0 aromatic heterocycles. The fourth-order valence-electron chi connectivity index (χ4n) is 3.73. The highest BCUT2D eigenvalue weighted by Gasteiger charge is 2.46. The average molecular weight is 352 g/mol. The largest absolute Gasteiger partial charge is 0.391 e. The van der Waals surface area contributed by atoms with E-state index in [2.05, 4.69) is 34.5 Å². The third kappa shape index (κ3) is 3.81. The number of nitrogens with one attached hydrogen (secondary N) is 1. The van der Waals surface area contributed by atoms with Gasteiger partial charge < -0.3 is 10.4 Å². The number of aliphatic hydroxyl groups is 1. The molecular weight excluding hydrogens is 324 g/mol. The molecule has 0 spiro atoms.